The molecule has 0 aromatic heterocycles. The van der Waals surface area contributed by atoms with Crippen molar-refractivity contribution < 1.29 is 12.8 Å². The molecule has 2 aromatic rings. The van der Waals surface area contributed by atoms with Gasteiger partial charge in [0, 0.05) is 0 Å². The Morgan fingerprint density at radius 3 is 2.61 bits per heavy atom. The Labute approximate surface area is 107 Å². The average molecular weight is 262 g/mol. The molecule has 92 valence electrons. The van der Waals surface area contributed by atoms with E-state index in [0.717, 1.165) is 16.7 Å². The Kier molecular flexibility index (Phi) is 2.97. The predicted molar refractivity (Wildman–Crippen MR) is 67.6 cm³/mol. The van der Waals surface area contributed by atoms with Crippen LogP contribution >= 0.6 is 0 Å². The van der Waals surface area contributed by atoms with E-state index in [2.05, 4.69) is 0 Å². The number of hydrogen-bond acceptors (Lipinski definition) is 2. The first kappa shape index (κ1) is 11.6. The van der Waals surface area contributed by atoms with E-state index in [0.29, 0.717) is 5.75 Å². The van der Waals surface area contributed by atoms with Crippen LogP contribution < -0.4 is 0 Å². The molecule has 1 aliphatic heterocycles. The molecule has 0 amide bonds. The van der Waals surface area contributed by atoms with E-state index in [1.807, 2.05) is 24.3 Å². The summed E-state index contributed by atoms with van der Waals surface area (Å²) in [5, 5.41) is 0. The van der Waals surface area contributed by atoms with Crippen molar-refractivity contribution in [2.45, 2.75) is 11.9 Å². The molecule has 2 unspecified atom stereocenters. The van der Waals surface area contributed by atoms with Gasteiger partial charge < -0.3 is 0 Å². The van der Waals surface area contributed by atoms with Gasteiger partial charge >= 0.3 is 0 Å². The van der Waals surface area contributed by atoms with Crippen LogP contribution in [0.1, 0.15) is 22.8 Å². The van der Waals surface area contributed by atoms with Crippen molar-refractivity contribution in [2.24, 2.45) is 0 Å². The standard InChI is InChI=1S/C14H11FO2S/c15-12-7-5-10(6-8-12)14-13-4-2-1-3-11(13)9-18(16)17-14/h1-8,14H,9H2. The SMILES string of the molecule is O=S1Cc2ccccc2C(c2ccc(F)cc2)O1. The average Bonchev–Trinajstić information content (AvgIpc) is 2.38. The van der Waals surface area contributed by atoms with Gasteiger partial charge in [0.15, 0.2) is 11.1 Å². The molecule has 0 spiro atoms. The van der Waals surface area contributed by atoms with Gasteiger partial charge in [0.1, 0.15) is 11.9 Å². The monoisotopic (exact) mass is 262 g/mol. The summed E-state index contributed by atoms with van der Waals surface area (Å²) in [7, 11) is 0. The highest BCUT2D eigenvalue weighted by Crippen LogP contribution is 2.34. The molecule has 2 atom stereocenters. The van der Waals surface area contributed by atoms with Crippen LogP contribution in [0.4, 0.5) is 4.39 Å². The number of hydrogen-bond donors (Lipinski definition) is 0. The molecule has 0 radical (unpaired) electrons. The lowest BCUT2D eigenvalue weighted by Crippen LogP contribution is -2.18. The van der Waals surface area contributed by atoms with Crippen LogP contribution in [0.25, 0.3) is 0 Å². The Balaban J connectivity index is 2.07. The van der Waals surface area contributed by atoms with Gasteiger partial charge in [0.25, 0.3) is 0 Å². The first-order chi connectivity index (χ1) is 8.74. The van der Waals surface area contributed by atoms with Crippen molar-refractivity contribution in [2.75, 3.05) is 0 Å². The highest BCUT2D eigenvalue weighted by molar-refractivity contribution is 7.79. The number of benzene rings is 2. The zero-order valence-corrected chi connectivity index (χ0v) is 10.3. The minimum atomic E-state index is -1.33. The van der Waals surface area contributed by atoms with Gasteiger partial charge in [-0.2, -0.15) is 0 Å². The largest absolute Gasteiger partial charge is 0.277 e. The Morgan fingerprint density at radius 1 is 1.11 bits per heavy atom. The summed E-state index contributed by atoms with van der Waals surface area (Å²) in [6, 6.07) is 13.9. The zero-order valence-electron chi connectivity index (χ0n) is 9.51. The van der Waals surface area contributed by atoms with Gasteiger partial charge in [0.2, 0.25) is 0 Å². The molecule has 1 aliphatic rings. The fourth-order valence-electron chi connectivity index (χ4n) is 2.11. The lowest BCUT2D eigenvalue weighted by Gasteiger charge is -2.25. The van der Waals surface area contributed by atoms with E-state index in [-0.39, 0.29) is 11.9 Å². The van der Waals surface area contributed by atoms with Crippen molar-refractivity contribution in [3.63, 3.8) is 0 Å². The molecule has 0 saturated heterocycles. The lowest BCUT2D eigenvalue weighted by atomic mass is 9.97. The zero-order chi connectivity index (χ0) is 12.5. The van der Waals surface area contributed by atoms with Gasteiger partial charge in [0.05, 0.1) is 5.75 Å². The van der Waals surface area contributed by atoms with Crippen LogP contribution in [0.2, 0.25) is 0 Å². The van der Waals surface area contributed by atoms with Gasteiger partial charge in [-0.15, -0.1) is 0 Å². The predicted octanol–water partition coefficient (Wildman–Crippen LogP) is 3.11. The van der Waals surface area contributed by atoms with E-state index >= 15 is 0 Å². The molecule has 3 rings (SSSR count). The summed E-state index contributed by atoms with van der Waals surface area (Å²) in [4.78, 5) is 0. The van der Waals surface area contributed by atoms with E-state index < -0.39 is 11.1 Å². The number of halogens is 1. The minimum Gasteiger partial charge on any atom is -0.277 e. The quantitative estimate of drug-likeness (QED) is 0.789. The molecule has 2 nitrogen and oxygen atoms in total. The van der Waals surface area contributed by atoms with E-state index in [1.54, 1.807) is 12.1 Å². The summed E-state index contributed by atoms with van der Waals surface area (Å²) >= 11 is -1.33. The molecule has 2 aromatic carbocycles. The van der Waals surface area contributed by atoms with Crippen LogP contribution in [0.5, 0.6) is 0 Å². The van der Waals surface area contributed by atoms with Crippen molar-refractivity contribution >= 4 is 11.1 Å². The first-order valence-electron chi connectivity index (χ1n) is 5.63. The summed E-state index contributed by atoms with van der Waals surface area (Å²) < 4.78 is 30.1. The molecule has 0 bridgehead atoms. The number of fused-ring (bicyclic) bond motifs is 1. The molecule has 4 heteroatoms. The van der Waals surface area contributed by atoms with Crippen LogP contribution in [-0.4, -0.2) is 4.21 Å². The number of rotatable bonds is 1. The topological polar surface area (TPSA) is 26.3 Å². The second-order valence-electron chi connectivity index (χ2n) is 4.17. The molecule has 18 heavy (non-hydrogen) atoms. The normalized spacial score (nSPS) is 22.5. The van der Waals surface area contributed by atoms with E-state index in [4.69, 9.17) is 4.18 Å². The Bertz CT molecular complexity index is 595. The minimum absolute atomic E-state index is 0.288. The molecule has 1 heterocycles. The third kappa shape index (κ3) is 2.09. The van der Waals surface area contributed by atoms with Crippen LogP contribution in [-0.2, 0) is 21.0 Å². The smallest absolute Gasteiger partial charge is 0.160 e. The van der Waals surface area contributed by atoms with Gasteiger partial charge in [-0.3, -0.25) is 4.18 Å². The fourth-order valence-corrected chi connectivity index (χ4v) is 3.13. The highest BCUT2D eigenvalue weighted by atomic mass is 32.2. The maximum absolute atomic E-state index is 12.9. The molecular formula is C14H11FO2S. The van der Waals surface area contributed by atoms with Crippen LogP contribution in [0.15, 0.2) is 48.5 Å². The molecule has 0 aliphatic carbocycles. The second-order valence-corrected chi connectivity index (χ2v) is 5.26. The van der Waals surface area contributed by atoms with E-state index in [9.17, 15) is 8.60 Å². The summed E-state index contributed by atoms with van der Waals surface area (Å²) in [5.41, 5.74) is 2.84. The van der Waals surface area contributed by atoms with Crippen LogP contribution in [0, 0.1) is 5.82 Å². The van der Waals surface area contributed by atoms with Crippen molar-refractivity contribution in [3.8, 4) is 0 Å². The fraction of sp³-hybridized carbons (Fsp3) is 0.143. The maximum atomic E-state index is 12.9. The van der Waals surface area contributed by atoms with Crippen molar-refractivity contribution in [1.82, 2.24) is 0 Å². The van der Waals surface area contributed by atoms with E-state index in [1.165, 1.54) is 12.1 Å². The van der Waals surface area contributed by atoms with Gasteiger partial charge in [-0.25, -0.2) is 8.60 Å². The highest BCUT2D eigenvalue weighted by Gasteiger charge is 2.26. The van der Waals surface area contributed by atoms with Crippen molar-refractivity contribution in [3.05, 3.63) is 71.0 Å². The second kappa shape index (κ2) is 4.63. The van der Waals surface area contributed by atoms with Crippen molar-refractivity contribution in [1.29, 1.82) is 0 Å². The Hall–Kier alpha value is -1.52. The molecular weight excluding hydrogens is 251 g/mol. The summed E-state index contributed by atoms with van der Waals surface area (Å²) in [6.45, 7) is 0. The molecule has 0 N–H and O–H groups in total. The third-order valence-corrected chi connectivity index (χ3v) is 3.94. The van der Waals surface area contributed by atoms with Gasteiger partial charge in [-0.1, -0.05) is 36.4 Å². The Morgan fingerprint density at radius 2 is 1.83 bits per heavy atom. The summed E-state index contributed by atoms with van der Waals surface area (Å²) in [5.74, 6) is 0.123. The van der Waals surface area contributed by atoms with Crippen LogP contribution in [0.3, 0.4) is 0 Å². The molecule has 0 saturated carbocycles. The third-order valence-electron chi connectivity index (χ3n) is 2.99. The lowest BCUT2D eigenvalue weighted by molar-refractivity contribution is 0.266. The first-order valence-corrected chi connectivity index (χ1v) is 6.87. The molecule has 0 fully saturated rings. The summed E-state index contributed by atoms with van der Waals surface area (Å²) in [6.07, 6.45) is -0.378. The van der Waals surface area contributed by atoms with Gasteiger partial charge in [-0.05, 0) is 28.8 Å². The maximum Gasteiger partial charge on any atom is 0.160 e.